The number of nitrogens with zero attached hydrogens (tertiary/aromatic N) is 3. The Hall–Kier alpha value is -3.94. The molecule has 4 aromatic rings. The average molecular weight is 390 g/mol. The summed E-state index contributed by atoms with van der Waals surface area (Å²) in [5.41, 5.74) is 6.88. The van der Waals surface area contributed by atoms with Gasteiger partial charge in [-0.05, 0) is 42.8 Å². The molecule has 0 saturated carbocycles. The van der Waals surface area contributed by atoms with Crippen molar-refractivity contribution >= 4 is 39.6 Å². The van der Waals surface area contributed by atoms with Crippen LogP contribution in [0.25, 0.3) is 22.1 Å². The van der Waals surface area contributed by atoms with Crippen molar-refractivity contribution in [3.05, 3.63) is 59.9 Å². The number of hydrogen-bond donors (Lipinski definition) is 2. The summed E-state index contributed by atoms with van der Waals surface area (Å²) in [5.74, 6) is 0.0444. The van der Waals surface area contributed by atoms with Gasteiger partial charge in [-0.3, -0.25) is 10.2 Å². The lowest BCUT2D eigenvalue weighted by molar-refractivity contribution is -0.136. The fourth-order valence-corrected chi connectivity index (χ4v) is 3.11. The Morgan fingerprint density at radius 1 is 1.24 bits per heavy atom. The number of aliphatic carboxylic acids is 1. The fourth-order valence-electron chi connectivity index (χ4n) is 3.11. The minimum absolute atomic E-state index is 0.136. The number of benzene rings is 2. The Kier molecular flexibility index (Phi) is 4.82. The minimum atomic E-state index is -0.929. The molecule has 0 amide bonds. The molecule has 2 aromatic heterocycles. The molecule has 0 fully saturated rings. The molecule has 2 N–H and O–H groups in total. The number of hydrazone groups is 1. The van der Waals surface area contributed by atoms with E-state index in [1.807, 2.05) is 37.3 Å². The van der Waals surface area contributed by atoms with Crippen LogP contribution in [0.4, 0.5) is 5.82 Å². The zero-order chi connectivity index (χ0) is 20.4. The third-order valence-electron chi connectivity index (χ3n) is 4.53. The topological polar surface area (TPSA) is 110 Å². The zero-order valence-electron chi connectivity index (χ0n) is 15.8. The molecule has 29 heavy (non-hydrogen) atoms. The molecule has 0 atom stereocenters. The van der Waals surface area contributed by atoms with E-state index in [2.05, 4.69) is 20.5 Å². The highest BCUT2D eigenvalue weighted by molar-refractivity contribution is 6.05. The van der Waals surface area contributed by atoms with E-state index in [0.29, 0.717) is 33.9 Å². The summed E-state index contributed by atoms with van der Waals surface area (Å²) in [6, 6.07) is 12.9. The quantitative estimate of drug-likeness (QED) is 0.380. The van der Waals surface area contributed by atoms with Crippen LogP contribution in [0.15, 0.2) is 58.3 Å². The molecule has 0 aliphatic heterocycles. The van der Waals surface area contributed by atoms with Crippen LogP contribution in [-0.4, -0.2) is 33.9 Å². The van der Waals surface area contributed by atoms with Gasteiger partial charge in [0.1, 0.15) is 23.2 Å². The number of para-hydroxylation sites is 1. The van der Waals surface area contributed by atoms with E-state index >= 15 is 0 Å². The second-order valence-electron chi connectivity index (χ2n) is 6.40. The SMILES string of the molecule is COc1ccc(/C(C)=N\Nc2ncnc3c2oc2ccccc23)cc1CC(=O)O. The van der Waals surface area contributed by atoms with Crippen molar-refractivity contribution in [1.29, 1.82) is 0 Å². The van der Waals surface area contributed by atoms with Crippen molar-refractivity contribution in [3.63, 3.8) is 0 Å². The van der Waals surface area contributed by atoms with Crippen LogP contribution in [0.5, 0.6) is 5.75 Å². The number of nitrogens with one attached hydrogen (secondary N) is 1. The maximum absolute atomic E-state index is 11.1. The van der Waals surface area contributed by atoms with Crippen LogP contribution >= 0.6 is 0 Å². The number of rotatable bonds is 6. The molecule has 0 bridgehead atoms. The first-order chi connectivity index (χ1) is 14.1. The molecule has 0 aliphatic carbocycles. The van der Waals surface area contributed by atoms with Crippen molar-refractivity contribution in [2.75, 3.05) is 12.5 Å². The monoisotopic (exact) mass is 390 g/mol. The van der Waals surface area contributed by atoms with Gasteiger partial charge in [-0.25, -0.2) is 9.97 Å². The molecular formula is C21H18N4O4. The number of carbonyl (C=O) groups is 1. The third-order valence-corrected chi connectivity index (χ3v) is 4.53. The summed E-state index contributed by atoms with van der Waals surface area (Å²) in [6.07, 6.45) is 1.32. The van der Waals surface area contributed by atoms with Gasteiger partial charge >= 0.3 is 5.97 Å². The summed E-state index contributed by atoms with van der Waals surface area (Å²) < 4.78 is 11.1. The highest BCUT2D eigenvalue weighted by Crippen LogP contribution is 2.30. The van der Waals surface area contributed by atoms with Gasteiger partial charge in [0.25, 0.3) is 0 Å². The summed E-state index contributed by atoms with van der Waals surface area (Å²) >= 11 is 0. The Labute approximate surface area is 165 Å². The van der Waals surface area contributed by atoms with E-state index in [1.54, 1.807) is 12.1 Å². The third kappa shape index (κ3) is 3.60. The lowest BCUT2D eigenvalue weighted by atomic mass is 10.0. The van der Waals surface area contributed by atoms with E-state index in [1.165, 1.54) is 13.4 Å². The van der Waals surface area contributed by atoms with Crippen LogP contribution < -0.4 is 10.2 Å². The van der Waals surface area contributed by atoms with Crippen molar-refractivity contribution < 1.29 is 19.1 Å². The van der Waals surface area contributed by atoms with Crippen LogP contribution in [0.2, 0.25) is 0 Å². The van der Waals surface area contributed by atoms with Gasteiger partial charge in [-0.1, -0.05) is 12.1 Å². The Bertz CT molecular complexity index is 1250. The smallest absolute Gasteiger partial charge is 0.307 e. The number of hydrogen-bond acceptors (Lipinski definition) is 7. The van der Waals surface area contributed by atoms with Crippen LogP contribution in [-0.2, 0) is 11.2 Å². The van der Waals surface area contributed by atoms with Crippen molar-refractivity contribution in [1.82, 2.24) is 9.97 Å². The second kappa shape index (κ2) is 7.59. The van der Waals surface area contributed by atoms with Crippen molar-refractivity contribution in [2.24, 2.45) is 5.10 Å². The molecule has 0 saturated heterocycles. The molecule has 4 rings (SSSR count). The molecule has 0 radical (unpaired) electrons. The molecule has 2 aromatic carbocycles. The Morgan fingerprint density at radius 3 is 2.86 bits per heavy atom. The van der Waals surface area contributed by atoms with Gasteiger partial charge in [-0.2, -0.15) is 5.10 Å². The highest BCUT2D eigenvalue weighted by Gasteiger charge is 2.13. The lowest BCUT2D eigenvalue weighted by Gasteiger charge is -2.09. The van der Waals surface area contributed by atoms with E-state index < -0.39 is 5.97 Å². The number of furan rings is 1. The van der Waals surface area contributed by atoms with Crippen LogP contribution in [0.3, 0.4) is 0 Å². The van der Waals surface area contributed by atoms with Crippen LogP contribution in [0, 0.1) is 0 Å². The molecule has 0 aliphatic rings. The Morgan fingerprint density at radius 2 is 2.07 bits per heavy atom. The average Bonchev–Trinajstić information content (AvgIpc) is 3.11. The summed E-state index contributed by atoms with van der Waals surface area (Å²) in [6.45, 7) is 1.82. The summed E-state index contributed by atoms with van der Waals surface area (Å²) in [4.78, 5) is 19.6. The molecule has 8 heteroatoms. The van der Waals surface area contributed by atoms with E-state index in [4.69, 9.17) is 14.3 Å². The van der Waals surface area contributed by atoms with Gasteiger partial charge in [0.2, 0.25) is 0 Å². The number of carboxylic acid groups (broad SMARTS) is 1. The number of ether oxygens (including phenoxy) is 1. The number of carboxylic acids is 1. The van der Waals surface area contributed by atoms with Gasteiger partial charge in [-0.15, -0.1) is 0 Å². The number of aromatic nitrogens is 2. The first-order valence-corrected chi connectivity index (χ1v) is 8.88. The van der Waals surface area contributed by atoms with Gasteiger partial charge in [0, 0.05) is 10.9 Å². The summed E-state index contributed by atoms with van der Waals surface area (Å²) in [5, 5.41) is 14.4. The predicted octanol–water partition coefficient (Wildman–Crippen LogP) is 3.85. The number of fused-ring (bicyclic) bond motifs is 3. The van der Waals surface area contributed by atoms with E-state index in [0.717, 1.165) is 16.5 Å². The molecular weight excluding hydrogens is 372 g/mol. The standard InChI is InChI=1S/C21H18N4O4/c1-12(13-7-8-16(28-2)14(9-13)10-18(26)27)24-25-21-20-19(22-11-23-21)15-5-3-4-6-17(15)29-20/h3-9,11H,10H2,1-2H3,(H,26,27)(H,22,23,25)/b24-12-. The second-order valence-corrected chi connectivity index (χ2v) is 6.40. The van der Waals surface area contributed by atoms with Crippen LogP contribution in [0.1, 0.15) is 18.1 Å². The fraction of sp³-hybridized carbons (Fsp3) is 0.143. The zero-order valence-corrected chi connectivity index (χ0v) is 15.8. The first-order valence-electron chi connectivity index (χ1n) is 8.88. The first kappa shape index (κ1) is 18.4. The molecule has 2 heterocycles. The van der Waals surface area contributed by atoms with E-state index in [-0.39, 0.29) is 6.42 Å². The predicted molar refractivity (Wildman–Crippen MR) is 109 cm³/mol. The van der Waals surface area contributed by atoms with Gasteiger partial charge in [0.15, 0.2) is 11.4 Å². The van der Waals surface area contributed by atoms with Gasteiger partial charge < -0.3 is 14.3 Å². The molecule has 0 spiro atoms. The Balaban J connectivity index is 1.66. The van der Waals surface area contributed by atoms with E-state index in [9.17, 15) is 4.79 Å². The maximum Gasteiger partial charge on any atom is 0.307 e. The molecule has 8 nitrogen and oxygen atoms in total. The molecule has 0 unspecified atom stereocenters. The maximum atomic E-state index is 11.1. The number of methoxy groups -OCH3 is 1. The largest absolute Gasteiger partial charge is 0.496 e. The van der Waals surface area contributed by atoms with Crippen molar-refractivity contribution in [3.8, 4) is 5.75 Å². The van der Waals surface area contributed by atoms with Gasteiger partial charge in [0.05, 0.1) is 19.2 Å². The normalized spacial score (nSPS) is 11.7. The van der Waals surface area contributed by atoms with Crippen molar-refractivity contribution in [2.45, 2.75) is 13.3 Å². The number of anilines is 1. The highest BCUT2D eigenvalue weighted by atomic mass is 16.5. The summed E-state index contributed by atoms with van der Waals surface area (Å²) in [7, 11) is 1.51. The molecule has 146 valence electrons. The lowest BCUT2D eigenvalue weighted by Crippen LogP contribution is -2.06. The minimum Gasteiger partial charge on any atom is -0.496 e.